The number of halogens is 4. The first-order valence-corrected chi connectivity index (χ1v) is 13.0. The molecule has 36 heavy (non-hydrogen) atoms. The van der Waals surface area contributed by atoms with Crippen molar-refractivity contribution in [2.45, 2.75) is 23.0 Å². The lowest BCUT2D eigenvalue weighted by Crippen LogP contribution is -2.25. The minimum absolute atomic E-state index is 0.106. The van der Waals surface area contributed by atoms with Crippen LogP contribution in [0.2, 0.25) is 0 Å². The fourth-order valence-electron chi connectivity index (χ4n) is 3.30. The van der Waals surface area contributed by atoms with Gasteiger partial charge >= 0.3 is 16.4 Å². The molecule has 0 saturated carbocycles. The van der Waals surface area contributed by atoms with Crippen LogP contribution in [-0.4, -0.2) is 42.3 Å². The van der Waals surface area contributed by atoms with Gasteiger partial charge in [-0.1, -0.05) is 16.9 Å². The van der Waals surface area contributed by atoms with Crippen molar-refractivity contribution in [2.75, 3.05) is 5.75 Å². The molecule has 3 aromatic heterocycles. The smallest absolute Gasteiger partial charge is 0.267 e. The molecule has 188 valence electrons. The SMILES string of the molecule is CCS(=O)(=O)c1cc(-c2ccc(S(=O)(=O)F)nc2)cnc1-n1ncc2ccc(C(F)(F)F)cc2c1=O. The number of alkyl halides is 3. The quantitative estimate of drug-likeness (QED) is 0.278. The Hall–Kier alpha value is -3.72. The maximum absolute atomic E-state index is 13.2. The second kappa shape index (κ2) is 8.74. The fourth-order valence-corrected chi connectivity index (χ4v) is 4.75. The van der Waals surface area contributed by atoms with E-state index < -0.39 is 58.9 Å². The summed E-state index contributed by atoms with van der Waals surface area (Å²) >= 11 is 0. The molecule has 15 heteroatoms. The number of hydrogen-bond acceptors (Lipinski definition) is 8. The lowest BCUT2D eigenvalue weighted by molar-refractivity contribution is -0.137. The summed E-state index contributed by atoms with van der Waals surface area (Å²) in [6, 6.07) is 5.70. The van der Waals surface area contributed by atoms with Crippen molar-refractivity contribution in [1.29, 1.82) is 0 Å². The molecular formula is C21H14F4N4O5S2. The van der Waals surface area contributed by atoms with Crippen molar-refractivity contribution in [3.63, 3.8) is 0 Å². The summed E-state index contributed by atoms with van der Waals surface area (Å²) in [4.78, 5) is 20.1. The van der Waals surface area contributed by atoms with Crippen LogP contribution in [0, 0.1) is 0 Å². The van der Waals surface area contributed by atoms with Gasteiger partial charge in [0.1, 0.15) is 4.90 Å². The van der Waals surface area contributed by atoms with Gasteiger partial charge in [-0.15, -0.1) is 0 Å². The van der Waals surface area contributed by atoms with E-state index in [0.29, 0.717) is 10.7 Å². The molecule has 0 amide bonds. The number of hydrogen-bond donors (Lipinski definition) is 0. The zero-order valence-electron chi connectivity index (χ0n) is 18.1. The molecule has 0 radical (unpaired) electrons. The van der Waals surface area contributed by atoms with Crippen LogP contribution in [0.15, 0.2) is 69.7 Å². The van der Waals surface area contributed by atoms with E-state index in [4.69, 9.17) is 0 Å². The summed E-state index contributed by atoms with van der Waals surface area (Å²) in [6.45, 7) is 1.33. The van der Waals surface area contributed by atoms with Crippen molar-refractivity contribution in [3.8, 4) is 16.9 Å². The Balaban J connectivity index is 1.93. The molecule has 0 aliphatic heterocycles. The van der Waals surface area contributed by atoms with Crippen molar-refractivity contribution in [1.82, 2.24) is 19.7 Å². The Morgan fingerprint density at radius 2 is 1.61 bits per heavy atom. The van der Waals surface area contributed by atoms with Crippen LogP contribution < -0.4 is 5.56 Å². The van der Waals surface area contributed by atoms with Crippen LogP contribution >= 0.6 is 0 Å². The first-order chi connectivity index (χ1) is 16.7. The zero-order chi connectivity index (χ0) is 26.5. The first-order valence-electron chi connectivity index (χ1n) is 9.96. The Morgan fingerprint density at radius 1 is 0.917 bits per heavy atom. The van der Waals surface area contributed by atoms with E-state index >= 15 is 0 Å². The van der Waals surface area contributed by atoms with Gasteiger partial charge in [-0.25, -0.2) is 18.4 Å². The molecule has 0 saturated heterocycles. The van der Waals surface area contributed by atoms with Crippen LogP contribution in [-0.2, 0) is 26.2 Å². The van der Waals surface area contributed by atoms with Crippen molar-refractivity contribution in [2.24, 2.45) is 0 Å². The molecule has 0 bridgehead atoms. The van der Waals surface area contributed by atoms with E-state index in [0.717, 1.165) is 42.9 Å². The third-order valence-corrected chi connectivity index (χ3v) is 7.66. The molecule has 4 rings (SSSR count). The predicted molar refractivity (Wildman–Crippen MR) is 119 cm³/mol. The Bertz CT molecular complexity index is 1770. The van der Waals surface area contributed by atoms with E-state index in [1.54, 1.807) is 0 Å². The number of fused-ring (bicyclic) bond motifs is 1. The molecular weight excluding hydrogens is 528 g/mol. The monoisotopic (exact) mass is 542 g/mol. The second-order valence-electron chi connectivity index (χ2n) is 7.43. The van der Waals surface area contributed by atoms with Gasteiger partial charge in [0.05, 0.1) is 22.9 Å². The van der Waals surface area contributed by atoms with E-state index in [9.17, 15) is 38.7 Å². The molecule has 0 spiro atoms. The Labute approximate surface area is 201 Å². The van der Waals surface area contributed by atoms with Gasteiger partial charge in [0.2, 0.25) is 0 Å². The molecule has 0 aliphatic carbocycles. The van der Waals surface area contributed by atoms with Crippen LogP contribution in [0.4, 0.5) is 17.1 Å². The highest BCUT2D eigenvalue weighted by atomic mass is 32.3. The molecule has 0 fully saturated rings. The molecule has 0 unspecified atom stereocenters. The second-order valence-corrected chi connectivity index (χ2v) is 11.0. The van der Waals surface area contributed by atoms with E-state index in [-0.39, 0.29) is 21.9 Å². The summed E-state index contributed by atoms with van der Waals surface area (Å²) in [5, 5.41) is 2.81. The van der Waals surface area contributed by atoms with Crippen LogP contribution in [0.1, 0.15) is 12.5 Å². The molecule has 0 N–H and O–H groups in total. The average molecular weight is 542 g/mol. The van der Waals surface area contributed by atoms with E-state index in [1.165, 1.54) is 13.0 Å². The summed E-state index contributed by atoms with van der Waals surface area (Å²) in [7, 11) is -9.11. The zero-order valence-corrected chi connectivity index (χ0v) is 19.7. The van der Waals surface area contributed by atoms with Gasteiger partial charge in [0.15, 0.2) is 20.7 Å². The Kier molecular flexibility index (Phi) is 6.16. The van der Waals surface area contributed by atoms with E-state index in [2.05, 4.69) is 15.1 Å². The maximum atomic E-state index is 13.2. The van der Waals surface area contributed by atoms with E-state index in [1.807, 2.05) is 0 Å². The highest BCUT2D eigenvalue weighted by Crippen LogP contribution is 2.31. The minimum Gasteiger partial charge on any atom is -0.267 e. The lowest BCUT2D eigenvalue weighted by atomic mass is 10.1. The standard InChI is InChI=1S/C21H14F4N4O5S2/c1-2-35(31,32)17-7-14(12-4-6-18(26-9-12)36(25,33)34)10-27-19(17)29-20(30)16-8-15(21(22,23)24)5-3-13(16)11-28-29/h3-11H,2H2,1H3. The lowest BCUT2D eigenvalue weighted by Gasteiger charge is -2.13. The molecule has 1 aromatic carbocycles. The number of pyridine rings is 2. The normalized spacial score (nSPS) is 12.7. The number of nitrogens with zero attached hydrogens (tertiary/aromatic N) is 4. The number of benzene rings is 1. The topological polar surface area (TPSA) is 129 Å². The van der Waals surface area contributed by atoms with Gasteiger partial charge in [-0.3, -0.25) is 4.79 Å². The number of rotatable bonds is 5. The van der Waals surface area contributed by atoms with Gasteiger partial charge in [-0.2, -0.15) is 31.4 Å². The third kappa shape index (κ3) is 4.70. The van der Waals surface area contributed by atoms with Gasteiger partial charge in [0.25, 0.3) is 5.56 Å². The van der Waals surface area contributed by atoms with Gasteiger partial charge in [-0.05, 0) is 30.3 Å². The summed E-state index contributed by atoms with van der Waals surface area (Å²) < 4.78 is 101. The highest BCUT2D eigenvalue weighted by Gasteiger charge is 2.31. The average Bonchev–Trinajstić information content (AvgIpc) is 2.83. The molecule has 9 nitrogen and oxygen atoms in total. The Morgan fingerprint density at radius 3 is 2.19 bits per heavy atom. The summed E-state index contributed by atoms with van der Waals surface area (Å²) in [5.41, 5.74) is -1.77. The summed E-state index contributed by atoms with van der Waals surface area (Å²) in [6.07, 6.45) is -1.48. The summed E-state index contributed by atoms with van der Waals surface area (Å²) in [5.74, 6) is -0.857. The molecule has 3 heterocycles. The molecule has 0 atom stereocenters. The van der Waals surface area contributed by atoms with Gasteiger partial charge in [0, 0.05) is 28.9 Å². The number of aromatic nitrogens is 4. The predicted octanol–water partition coefficient (Wildman–Crippen LogP) is 3.31. The minimum atomic E-state index is -5.05. The number of sulfone groups is 1. The molecule has 4 aromatic rings. The van der Waals surface area contributed by atoms with Crippen molar-refractivity contribution >= 4 is 30.8 Å². The fraction of sp³-hybridized carbons (Fsp3) is 0.143. The van der Waals surface area contributed by atoms with Gasteiger partial charge < -0.3 is 0 Å². The van der Waals surface area contributed by atoms with Crippen molar-refractivity contribution < 1.29 is 33.9 Å². The van der Waals surface area contributed by atoms with Crippen LogP contribution in [0.3, 0.4) is 0 Å². The van der Waals surface area contributed by atoms with Crippen LogP contribution in [0.25, 0.3) is 27.7 Å². The largest absolute Gasteiger partial charge is 0.416 e. The first kappa shape index (κ1) is 25.4. The molecule has 0 aliphatic rings. The highest BCUT2D eigenvalue weighted by molar-refractivity contribution is 7.91. The third-order valence-electron chi connectivity index (χ3n) is 5.18. The van der Waals surface area contributed by atoms with Crippen LogP contribution in [0.5, 0.6) is 0 Å². The van der Waals surface area contributed by atoms with Crippen molar-refractivity contribution in [3.05, 3.63) is 70.9 Å². The maximum Gasteiger partial charge on any atom is 0.416 e.